The number of amides is 1. The molecule has 4 N–H and O–H groups in total. The van der Waals surface area contributed by atoms with Crippen molar-refractivity contribution in [2.75, 3.05) is 7.05 Å². The molecule has 0 spiro atoms. The standard InChI is InChI=1S/C13H21N3OS/c1-9(2)18-11-6-4-10(5-7-11)8-12(14)13(17)16(3)15/h4-7,9,12H,8,14-15H2,1-3H3. The van der Waals surface area contributed by atoms with Gasteiger partial charge in [0.2, 0.25) is 0 Å². The summed E-state index contributed by atoms with van der Waals surface area (Å²) in [4.78, 5) is 12.8. The fourth-order valence-corrected chi connectivity index (χ4v) is 2.42. The van der Waals surface area contributed by atoms with Gasteiger partial charge in [-0.25, -0.2) is 5.84 Å². The van der Waals surface area contributed by atoms with E-state index in [-0.39, 0.29) is 5.91 Å². The Labute approximate surface area is 113 Å². The summed E-state index contributed by atoms with van der Waals surface area (Å²) in [6.07, 6.45) is 0.507. The van der Waals surface area contributed by atoms with E-state index in [0.717, 1.165) is 10.6 Å². The molecule has 0 aliphatic carbocycles. The highest BCUT2D eigenvalue weighted by Crippen LogP contribution is 2.23. The van der Waals surface area contributed by atoms with Crippen molar-refractivity contribution in [3.05, 3.63) is 29.8 Å². The maximum Gasteiger partial charge on any atom is 0.253 e. The van der Waals surface area contributed by atoms with Crippen LogP contribution in [0.4, 0.5) is 0 Å². The predicted molar refractivity (Wildman–Crippen MR) is 76.1 cm³/mol. The van der Waals surface area contributed by atoms with Crippen molar-refractivity contribution in [1.82, 2.24) is 5.01 Å². The van der Waals surface area contributed by atoms with Gasteiger partial charge in [0, 0.05) is 17.2 Å². The average molecular weight is 267 g/mol. The third-order valence-electron chi connectivity index (χ3n) is 2.42. The lowest BCUT2D eigenvalue weighted by molar-refractivity contribution is -0.131. The Morgan fingerprint density at radius 2 is 1.89 bits per heavy atom. The lowest BCUT2D eigenvalue weighted by Gasteiger charge is -2.16. The molecule has 0 aliphatic heterocycles. The maximum atomic E-state index is 11.5. The zero-order chi connectivity index (χ0) is 13.7. The molecule has 0 aliphatic rings. The van der Waals surface area contributed by atoms with Crippen LogP contribution >= 0.6 is 11.8 Å². The van der Waals surface area contributed by atoms with Crippen LogP contribution in [0.5, 0.6) is 0 Å². The van der Waals surface area contributed by atoms with Crippen molar-refractivity contribution < 1.29 is 4.79 Å². The molecule has 1 atom stereocenters. The molecule has 0 heterocycles. The van der Waals surface area contributed by atoms with Gasteiger partial charge in [0.1, 0.15) is 0 Å². The van der Waals surface area contributed by atoms with Crippen molar-refractivity contribution in [1.29, 1.82) is 0 Å². The molecular formula is C13H21N3OS. The highest BCUT2D eigenvalue weighted by atomic mass is 32.2. The number of benzene rings is 1. The molecule has 0 bridgehead atoms. The van der Waals surface area contributed by atoms with Gasteiger partial charge >= 0.3 is 0 Å². The fraction of sp³-hybridized carbons (Fsp3) is 0.462. The summed E-state index contributed by atoms with van der Waals surface area (Å²) in [6.45, 7) is 4.31. The van der Waals surface area contributed by atoms with Gasteiger partial charge in [0.05, 0.1) is 6.04 Å². The molecule has 0 radical (unpaired) electrons. The molecule has 1 aromatic carbocycles. The first kappa shape index (κ1) is 15.0. The molecule has 100 valence electrons. The zero-order valence-electron chi connectivity index (χ0n) is 11.1. The topological polar surface area (TPSA) is 72.4 Å². The number of likely N-dealkylation sites (N-methyl/N-ethyl adjacent to an activating group) is 1. The van der Waals surface area contributed by atoms with Crippen LogP contribution in [-0.4, -0.2) is 29.3 Å². The number of carbonyl (C=O) groups is 1. The molecule has 1 aromatic rings. The van der Waals surface area contributed by atoms with Crippen LogP contribution in [0, 0.1) is 0 Å². The summed E-state index contributed by atoms with van der Waals surface area (Å²) in [5, 5.41) is 1.60. The van der Waals surface area contributed by atoms with Crippen LogP contribution in [0.15, 0.2) is 29.2 Å². The van der Waals surface area contributed by atoms with Crippen LogP contribution in [0.1, 0.15) is 19.4 Å². The number of hydrazine groups is 1. The van der Waals surface area contributed by atoms with E-state index in [4.69, 9.17) is 11.6 Å². The Kier molecular flexibility index (Phi) is 5.65. The third kappa shape index (κ3) is 4.68. The largest absolute Gasteiger partial charge is 0.320 e. The molecule has 0 fully saturated rings. The second-order valence-electron chi connectivity index (χ2n) is 4.57. The smallest absolute Gasteiger partial charge is 0.253 e. The molecule has 1 rings (SSSR count). The minimum atomic E-state index is -0.580. The van der Waals surface area contributed by atoms with Crippen LogP contribution in [0.25, 0.3) is 0 Å². The number of thioether (sulfide) groups is 1. The quantitative estimate of drug-likeness (QED) is 0.366. The Hall–Kier alpha value is -1.04. The summed E-state index contributed by atoms with van der Waals surface area (Å²) in [7, 11) is 1.50. The van der Waals surface area contributed by atoms with Crippen LogP contribution < -0.4 is 11.6 Å². The molecule has 18 heavy (non-hydrogen) atoms. The van der Waals surface area contributed by atoms with Gasteiger partial charge in [-0.1, -0.05) is 26.0 Å². The molecule has 4 nitrogen and oxygen atoms in total. The van der Waals surface area contributed by atoms with E-state index < -0.39 is 6.04 Å². The van der Waals surface area contributed by atoms with E-state index >= 15 is 0 Å². The number of rotatable bonds is 5. The molecule has 1 amide bonds. The van der Waals surface area contributed by atoms with E-state index in [9.17, 15) is 4.79 Å². The van der Waals surface area contributed by atoms with Crippen LogP contribution in [-0.2, 0) is 11.2 Å². The number of nitrogens with two attached hydrogens (primary N) is 2. The van der Waals surface area contributed by atoms with Gasteiger partial charge in [-0.3, -0.25) is 9.80 Å². The van der Waals surface area contributed by atoms with E-state index in [1.54, 1.807) is 0 Å². The van der Waals surface area contributed by atoms with E-state index in [1.807, 2.05) is 23.9 Å². The third-order valence-corrected chi connectivity index (χ3v) is 3.43. The molecular weight excluding hydrogens is 246 g/mol. The van der Waals surface area contributed by atoms with Crippen molar-refractivity contribution in [2.24, 2.45) is 11.6 Å². The lowest BCUT2D eigenvalue weighted by atomic mass is 10.1. The number of carbonyl (C=O) groups excluding carboxylic acids is 1. The number of nitrogens with zero attached hydrogens (tertiary/aromatic N) is 1. The first-order valence-electron chi connectivity index (χ1n) is 5.93. The first-order chi connectivity index (χ1) is 8.40. The van der Waals surface area contributed by atoms with Crippen molar-refractivity contribution in [2.45, 2.75) is 36.5 Å². The van der Waals surface area contributed by atoms with E-state index in [2.05, 4.69) is 26.0 Å². The Bertz CT molecular complexity index is 390. The summed E-state index contributed by atoms with van der Waals surface area (Å²) in [6, 6.07) is 7.55. The van der Waals surface area contributed by atoms with Crippen LogP contribution in [0.3, 0.4) is 0 Å². The molecule has 0 saturated heterocycles. The Morgan fingerprint density at radius 1 is 1.33 bits per heavy atom. The van der Waals surface area contributed by atoms with Crippen molar-refractivity contribution in [3.63, 3.8) is 0 Å². The Morgan fingerprint density at radius 3 is 2.33 bits per heavy atom. The second-order valence-corrected chi connectivity index (χ2v) is 6.22. The summed E-state index contributed by atoms with van der Waals surface area (Å²) < 4.78 is 0. The molecule has 0 aromatic heterocycles. The van der Waals surface area contributed by atoms with Crippen LogP contribution in [0.2, 0.25) is 0 Å². The monoisotopic (exact) mass is 267 g/mol. The average Bonchev–Trinajstić information content (AvgIpc) is 2.29. The van der Waals surface area contributed by atoms with Crippen molar-refractivity contribution in [3.8, 4) is 0 Å². The fourth-order valence-electron chi connectivity index (χ4n) is 1.58. The summed E-state index contributed by atoms with van der Waals surface area (Å²) in [5.41, 5.74) is 6.84. The first-order valence-corrected chi connectivity index (χ1v) is 6.81. The summed E-state index contributed by atoms with van der Waals surface area (Å²) >= 11 is 1.81. The van der Waals surface area contributed by atoms with Gasteiger partial charge < -0.3 is 5.73 Å². The molecule has 1 unspecified atom stereocenters. The lowest BCUT2D eigenvalue weighted by Crippen LogP contribution is -2.46. The van der Waals surface area contributed by atoms with E-state index in [0.29, 0.717) is 11.7 Å². The second kappa shape index (κ2) is 6.78. The number of hydrogen-bond donors (Lipinski definition) is 2. The molecule has 5 heteroatoms. The van der Waals surface area contributed by atoms with E-state index in [1.165, 1.54) is 11.9 Å². The molecule has 0 saturated carbocycles. The summed E-state index contributed by atoms with van der Waals surface area (Å²) in [5.74, 6) is 5.12. The van der Waals surface area contributed by atoms with Gasteiger partial charge in [-0.2, -0.15) is 0 Å². The van der Waals surface area contributed by atoms with Gasteiger partial charge in [0.15, 0.2) is 0 Å². The number of hydrogen-bond acceptors (Lipinski definition) is 4. The van der Waals surface area contributed by atoms with Crippen molar-refractivity contribution >= 4 is 17.7 Å². The zero-order valence-corrected chi connectivity index (χ0v) is 11.9. The minimum Gasteiger partial charge on any atom is -0.320 e. The maximum absolute atomic E-state index is 11.5. The highest BCUT2D eigenvalue weighted by molar-refractivity contribution is 7.99. The predicted octanol–water partition coefficient (Wildman–Crippen LogP) is 1.39. The van der Waals surface area contributed by atoms with Gasteiger partial charge in [-0.15, -0.1) is 11.8 Å². The normalized spacial score (nSPS) is 12.6. The minimum absolute atomic E-state index is 0.254. The van der Waals surface area contributed by atoms with Gasteiger partial charge in [-0.05, 0) is 24.1 Å². The van der Waals surface area contributed by atoms with Gasteiger partial charge in [0.25, 0.3) is 5.91 Å². The highest BCUT2D eigenvalue weighted by Gasteiger charge is 2.16. The SMILES string of the molecule is CC(C)Sc1ccc(CC(N)C(=O)N(C)N)cc1. The Balaban J connectivity index is 2.61.